The van der Waals surface area contributed by atoms with Crippen LogP contribution in [-0.2, 0) is 19.4 Å². The first-order chi connectivity index (χ1) is 15.0. The topological polar surface area (TPSA) is 46.1 Å². The van der Waals surface area contributed by atoms with Crippen molar-refractivity contribution in [2.75, 3.05) is 11.4 Å². The highest BCUT2D eigenvalue weighted by molar-refractivity contribution is 6.31. The van der Waals surface area contributed by atoms with Crippen LogP contribution in [-0.4, -0.2) is 22.3 Å². The summed E-state index contributed by atoms with van der Waals surface area (Å²) in [4.78, 5) is 23.4. The second-order valence-electron chi connectivity index (χ2n) is 7.72. The third-order valence-corrected chi connectivity index (χ3v) is 6.13. The Morgan fingerprint density at radius 3 is 2.68 bits per heavy atom. The number of nitrogens with zero attached hydrogens (tertiary/aromatic N) is 3. The van der Waals surface area contributed by atoms with Crippen LogP contribution in [0.1, 0.15) is 45.6 Å². The number of Topliss-reactive ketones (excluding diaryl/α,β-unsaturated/α-hetero) is 1. The summed E-state index contributed by atoms with van der Waals surface area (Å²) in [5, 5.41) is -0.206. The molecule has 0 bridgehead atoms. The van der Waals surface area contributed by atoms with Crippen molar-refractivity contribution in [3.63, 3.8) is 0 Å². The van der Waals surface area contributed by atoms with Gasteiger partial charge in [-0.15, -0.1) is 0 Å². The minimum Gasteiger partial charge on any atom is -0.365 e. The van der Waals surface area contributed by atoms with Gasteiger partial charge >= 0.3 is 0 Å². The van der Waals surface area contributed by atoms with Gasteiger partial charge in [-0.2, -0.15) is 0 Å². The van der Waals surface area contributed by atoms with Crippen LogP contribution >= 0.6 is 11.6 Å². The predicted molar refractivity (Wildman–Crippen MR) is 117 cm³/mol. The number of pyridine rings is 2. The first-order valence-electron chi connectivity index (χ1n) is 10.2. The van der Waals surface area contributed by atoms with Gasteiger partial charge < -0.3 is 4.90 Å². The Morgan fingerprint density at radius 2 is 1.90 bits per heavy atom. The maximum atomic E-state index is 14.4. The molecule has 3 heterocycles. The van der Waals surface area contributed by atoms with E-state index in [-0.39, 0.29) is 22.9 Å². The average Bonchev–Trinajstić information content (AvgIpc) is 2.78. The van der Waals surface area contributed by atoms with E-state index in [1.807, 2.05) is 24.0 Å². The number of anilines is 1. The number of carbonyl (C=O) groups excluding carboxylic acids is 1. The zero-order chi connectivity index (χ0) is 22.0. The third kappa shape index (κ3) is 4.44. The van der Waals surface area contributed by atoms with Crippen LogP contribution in [0.5, 0.6) is 0 Å². The van der Waals surface area contributed by atoms with Gasteiger partial charge in [0.2, 0.25) is 0 Å². The van der Waals surface area contributed by atoms with Crippen LogP contribution in [0.25, 0.3) is 0 Å². The minimum absolute atomic E-state index is 0.00473. The van der Waals surface area contributed by atoms with E-state index in [2.05, 4.69) is 9.97 Å². The van der Waals surface area contributed by atoms with Gasteiger partial charge in [-0.05, 0) is 61.6 Å². The number of rotatable bonds is 6. The Bertz CT molecular complexity index is 1120. The molecule has 0 atom stereocenters. The number of hydrogen-bond acceptors (Lipinski definition) is 4. The van der Waals surface area contributed by atoms with E-state index >= 15 is 0 Å². The maximum absolute atomic E-state index is 14.4. The average molecular weight is 442 g/mol. The van der Waals surface area contributed by atoms with Crippen molar-refractivity contribution in [3.8, 4) is 0 Å². The first kappa shape index (κ1) is 21.4. The van der Waals surface area contributed by atoms with Crippen molar-refractivity contribution in [1.82, 2.24) is 9.97 Å². The number of ketones is 1. The van der Waals surface area contributed by atoms with Crippen LogP contribution in [0.4, 0.5) is 14.5 Å². The predicted octanol–water partition coefficient (Wildman–Crippen LogP) is 5.48. The molecule has 1 aromatic carbocycles. The summed E-state index contributed by atoms with van der Waals surface area (Å²) in [5.74, 6) is -1.19. The second kappa shape index (κ2) is 9.10. The van der Waals surface area contributed by atoms with Crippen molar-refractivity contribution in [2.24, 2.45) is 0 Å². The molecule has 3 aromatic rings. The normalized spacial score (nSPS) is 13.2. The Kier molecular flexibility index (Phi) is 6.28. The molecule has 1 aliphatic heterocycles. The Labute approximate surface area is 184 Å². The van der Waals surface area contributed by atoms with E-state index in [4.69, 9.17) is 11.6 Å². The molecule has 7 heteroatoms. The molecular weight excluding hydrogens is 420 g/mol. The van der Waals surface area contributed by atoms with Crippen LogP contribution in [0.15, 0.2) is 42.9 Å². The second-order valence-corrected chi connectivity index (χ2v) is 8.10. The smallest absolute Gasteiger partial charge is 0.165 e. The van der Waals surface area contributed by atoms with Crippen LogP contribution in [0, 0.1) is 18.6 Å². The number of hydrogen-bond donors (Lipinski definition) is 0. The number of aromatic nitrogens is 2. The fraction of sp³-hybridized carbons (Fsp3) is 0.292. The minimum atomic E-state index is -0.648. The molecule has 1 aliphatic rings. The van der Waals surface area contributed by atoms with Gasteiger partial charge in [0.1, 0.15) is 11.6 Å². The van der Waals surface area contributed by atoms with Gasteiger partial charge in [0, 0.05) is 49.2 Å². The van der Waals surface area contributed by atoms with Gasteiger partial charge in [0.15, 0.2) is 5.78 Å². The largest absolute Gasteiger partial charge is 0.365 e. The summed E-state index contributed by atoms with van der Waals surface area (Å²) in [6.45, 7) is 2.66. The summed E-state index contributed by atoms with van der Waals surface area (Å²) < 4.78 is 28.3. The molecule has 160 valence electrons. The molecule has 0 radical (unpaired) electrons. The maximum Gasteiger partial charge on any atom is 0.165 e. The summed E-state index contributed by atoms with van der Waals surface area (Å²) >= 11 is 6.05. The van der Waals surface area contributed by atoms with Gasteiger partial charge in [-0.3, -0.25) is 14.8 Å². The van der Waals surface area contributed by atoms with E-state index < -0.39 is 11.6 Å². The summed E-state index contributed by atoms with van der Waals surface area (Å²) in [7, 11) is 0. The van der Waals surface area contributed by atoms with Gasteiger partial charge in [-0.25, -0.2) is 8.78 Å². The van der Waals surface area contributed by atoms with Crippen LogP contribution in [0.3, 0.4) is 0 Å². The zero-order valence-electron chi connectivity index (χ0n) is 17.2. The molecule has 4 rings (SSSR count). The Hall–Kier alpha value is -2.86. The summed E-state index contributed by atoms with van der Waals surface area (Å²) in [5.41, 5.74) is 4.22. The van der Waals surface area contributed by atoms with Crippen molar-refractivity contribution in [2.45, 2.75) is 39.2 Å². The SMILES string of the molecule is Cc1c(C(=O)CCc2ccncc2)cnc2c1N(Cc1c(F)ccc(F)c1Cl)CCC2. The number of benzene rings is 1. The fourth-order valence-electron chi connectivity index (χ4n) is 4.08. The Morgan fingerprint density at radius 1 is 1.16 bits per heavy atom. The standard InChI is InChI=1S/C24H22ClF2N3O/c1-15-17(22(31)7-4-16-8-10-28-11-9-16)13-29-21-3-2-12-30(24(15)21)14-18-19(26)5-6-20(27)23(18)25/h5-6,8-11,13H,2-4,7,12,14H2,1H3. The Balaban J connectivity index is 1.62. The van der Waals surface area contributed by atoms with E-state index in [1.165, 1.54) is 0 Å². The highest BCUT2D eigenvalue weighted by atomic mass is 35.5. The number of aryl methyl sites for hydroxylation is 2. The van der Waals surface area contributed by atoms with Gasteiger partial charge in [-0.1, -0.05) is 11.6 Å². The molecule has 0 aliphatic carbocycles. The number of carbonyl (C=O) groups is 1. The van der Waals surface area contributed by atoms with Crippen molar-refractivity contribution in [1.29, 1.82) is 0 Å². The zero-order valence-corrected chi connectivity index (χ0v) is 17.9. The molecule has 31 heavy (non-hydrogen) atoms. The molecule has 0 amide bonds. The van der Waals surface area contributed by atoms with Crippen molar-refractivity contribution < 1.29 is 13.6 Å². The fourth-order valence-corrected chi connectivity index (χ4v) is 4.30. The molecule has 0 saturated carbocycles. The summed E-state index contributed by atoms with van der Waals surface area (Å²) in [6.07, 6.45) is 7.64. The van der Waals surface area contributed by atoms with Gasteiger partial charge in [0.25, 0.3) is 0 Å². The lowest BCUT2D eigenvalue weighted by atomic mass is 9.95. The third-order valence-electron chi connectivity index (χ3n) is 5.72. The monoisotopic (exact) mass is 441 g/mol. The van der Waals surface area contributed by atoms with Crippen LogP contribution in [0.2, 0.25) is 5.02 Å². The van der Waals surface area contributed by atoms with Crippen LogP contribution < -0.4 is 4.90 Å². The first-order valence-corrected chi connectivity index (χ1v) is 10.6. The lowest BCUT2D eigenvalue weighted by Gasteiger charge is -2.33. The molecule has 0 N–H and O–H groups in total. The molecule has 0 fully saturated rings. The lowest BCUT2D eigenvalue weighted by Crippen LogP contribution is -2.31. The molecular formula is C24H22ClF2N3O. The van der Waals surface area contributed by atoms with E-state index in [0.717, 1.165) is 47.5 Å². The molecule has 0 spiro atoms. The van der Waals surface area contributed by atoms with Crippen molar-refractivity contribution in [3.05, 3.63) is 87.5 Å². The lowest BCUT2D eigenvalue weighted by molar-refractivity contribution is 0.0982. The van der Waals surface area contributed by atoms with Gasteiger partial charge in [0.05, 0.1) is 16.4 Å². The summed E-state index contributed by atoms with van der Waals surface area (Å²) in [6, 6.07) is 5.90. The van der Waals surface area contributed by atoms with E-state index in [9.17, 15) is 13.6 Å². The highest BCUT2D eigenvalue weighted by Crippen LogP contribution is 2.34. The van der Waals surface area contributed by atoms with Crippen molar-refractivity contribution >= 4 is 23.1 Å². The van der Waals surface area contributed by atoms with E-state index in [1.54, 1.807) is 18.6 Å². The molecule has 2 aromatic heterocycles. The highest BCUT2D eigenvalue weighted by Gasteiger charge is 2.26. The molecule has 0 saturated heterocycles. The van der Waals surface area contributed by atoms with E-state index in [0.29, 0.717) is 24.9 Å². The molecule has 0 unspecified atom stereocenters. The number of fused-ring (bicyclic) bond motifs is 1. The quantitative estimate of drug-likeness (QED) is 0.375. The number of halogens is 3. The molecule has 4 nitrogen and oxygen atoms in total.